The summed E-state index contributed by atoms with van der Waals surface area (Å²) >= 11 is 0. The molecule has 6 nitrogen and oxygen atoms in total. The zero-order valence-electron chi connectivity index (χ0n) is 15.3. The molecule has 27 heavy (non-hydrogen) atoms. The SMILES string of the molecule is C=CCOC(=O)c1cc(N(C)C(=O)C(F)(F)F)ccc1N1CCN(C)CC1. The fraction of sp³-hybridized carbons (Fsp3) is 0.444. The zero-order valence-corrected chi connectivity index (χ0v) is 15.3. The highest BCUT2D eigenvalue weighted by Gasteiger charge is 2.42. The minimum absolute atomic E-state index is 0.0252. The van der Waals surface area contributed by atoms with Gasteiger partial charge in [-0.2, -0.15) is 13.2 Å². The van der Waals surface area contributed by atoms with Gasteiger partial charge in [-0.3, -0.25) is 4.79 Å². The maximum absolute atomic E-state index is 12.7. The first kappa shape index (κ1) is 20.8. The highest BCUT2D eigenvalue weighted by Crippen LogP contribution is 2.29. The number of hydrogen-bond donors (Lipinski definition) is 0. The van der Waals surface area contributed by atoms with Gasteiger partial charge >= 0.3 is 18.1 Å². The molecule has 1 amide bonds. The van der Waals surface area contributed by atoms with Gasteiger partial charge in [0, 0.05) is 38.9 Å². The number of likely N-dealkylation sites (N-methyl/N-ethyl adjacent to an activating group) is 1. The Kier molecular flexibility index (Phi) is 6.48. The Morgan fingerprint density at radius 1 is 1.26 bits per heavy atom. The van der Waals surface area contributed by atoms with Gasteiger partial charge in [0.05, 0.1) is 11.3 Å². The maximum Gasteiger partial charge on any atom is 0.471 e. The number of ether oxygens (including phenoxy) is 1. The first-order valence-electron chi connectivity index (χ1n) is 8.35. The van der Waals surface area contributed by atoms with Gasteiger partial charge < -0.3 is 19.4 Å². The van der Waals surface area contributed by atoms with Gasteiger partial charge in [-0.25, -0.2) is 4.79 Å². The van der Waals surface area contributed by atoms with Crippen LogP contribution in [0.25, 0.3) is 0 Å². The van der Waals surface area contributed by atoms with Crippen molar-refractivity contribution in [2.45, 2.75) is 6.18 Å². The number of halogens is 3. The third kappa shape index (κ3) is 5.00. The molecule has 0 atom stereocenters. The number of amides is 1. The van der Waals surface area contributed by atoms with Crippen LogP contribution < -0.4 is 9.80 Å². The molecule has 1 heterocycles. The van der Waals surface area contributed by atoms with Crippen LogP contribution in [0.3, 0.4) is 0 Å². The van der Waals surface area contributed by atoms with Crippen molar-refractivity contribution < 1.29 is 27.5 Å². The van der Waals surface area contributed by atoms with Gasteiger partial charge in [0.2, 0.25) is 0 Å². The summed E-state index contributed by atoms with van der Waals surface area (Å²) in [7, 11) is 3.00. The zero-order chi connectivity index (χ0) is 20.2. The lowest BCUT2D eigenvalue weighted by atomic mass is 10.1. The Morgan fingerprint density at radius 3 is 2.44 bits per heavy atom. The van der Waals surface area contributed by atoms with Crippen molar-refractivity contribution in [2.75, 3.05) is 56.7 Å². The second-order valence-electron chi connectivity index (χ2n) is 6.24. The number of esters is 1. The summed E-state index contributed by atoms with van der Waals surface area (Å²) in [5.41, 5.74) is 0.634. The molecule has 0 aromatic heterocycles. The van der Waals surface area contributed by atoms with Crippen molar-refractivity contribution in [3.63, 3.8) is 0 Å². The molecule has 1 aromatic rings. The minimum atomic E-state index is -5.01. The molecule has 0 N–H and O–H groups in total. The van der Waals surface area contributed by atoms with Gasteiger partial charge in [0.25, 0.3) is 0 Å². The number of hydrogen-bond acceptors (Lipinski definition) is 5. The fourth-order valence-electron chi connectivity index (χ4n) is 2.74. The van der Waals surface area contributed by atoms with Gasteiger partial charge in [0.1, 0.15) is 6.61 Å². The number of nitrogens with zero attached hydrogens (tertiary/aromatic N) is 3. The average molecular weight is 385 g/mol. The molecular weight excluding hydrogens is 363 g/mol. The predicted molar refractivity (Wildman–Crippen MR) is 96.1 cm³/mol. The monoisotopic (exact) mass is 385 g/mol. The number of carbonyl (C=O) groups is 2. The van der Waals surface area contributed by atoms with Crippen molar-refractivity contribution in [1.29, 1.82) is 0 Å². The minimum Gasteiger partial charge on any atom is -0.458 e. The van der Waals surface area contributed by atoms with E-state index < -0.39 is 18.1 Å². The summed E-state index contributed by atoms with van der Waals surface area (Å²) in [5.74, 6) is -2.70. The summed E-state index contributed by atoms with van der Waals surface area (Å²) in [4.78, 5) is 28.5. The third-order valence-corrected chi connectivity index (χ3v) is 4.31. The summed E-state index contributed by atoms with van der Waals surface area (Å²) < 4.78 is 43.2. The lowest BCUT2D eigenvalue weighted by Gasteiger charge is -2.35. The van der Waals surface area contributed by atoms with Crippen molar-refractivity contribution in [1.82, 2.24) is 4.90 Å². The quantitative estimate of drug-likeness (QED) is 0.575. The molecule has 1 aliphatic rings. The third-order valence-electron chi connectivity index (χ3n) is 4.31. The smallest absolute Gasteiger partial charge is 0.458 e. The molecule has 1 aliphatic heterocycles. The summed E-state index contributed by atoms with van der Waals surface area (Å²) in [5, 5.41) is 0. The van der Waals surface area contributed by atoms with E-state index in [1.54, 1.807) is 6.07 Å². The normalized spacial score (nSPS) is 15.4. The summed E-state index contributed by atoms with van der Waals surface area (Å²) in [6.45, 7) is 6.34. The molecule has 148 valence electrons. The number of carbonyl (C=O) groups excluding carboxylic acids is 2. The van der Waals surface area contributed by atoms with E-state index in [4.69, 9.17) is 4.74 Å². The molecule has 1 saturated heterocycles. The van der Waals surface area contributed by atoms with Crippen LogP contribution in [-0.2, 0) is 9.53 Å². The fourth-order valence-corrected chi connectivity index (χ4v) is 2.74. The first-order chi connectivity index (χ1) is 12.6. The number of anilines is 2. The number of rotatable bonds is 5. The van der Waals surface area contributed by atoms with Crippen LogP contribution in [0.1, 0.15) is 10.4 Å². The first-order valence-corrected chi connectivity index (χ1v) is 8.35. The summed E-state index contributed by atoms with van der Waals surface area (Å²) in [6.07, 6.45) is -3.61. The largest absolute Gasteiger partial charge is 0.471 e. The Bertz CT molecular complexity index is 714. The van der Waals surface area contributed by atoms with E-state index >= 15 is 0 Å². The second kappa shape index (κ2) is 8.43. The Hall–Kier alpha value is -2.55. The highest BCUT2D eigenvalue weighted by molar-refractivity contribution is 6.01. The number of benzene rings is 1. The lowest BCUT2D eigenvalue weighted by Crippen LogP contribution is -2.45. The second-order valence-corrected chi connectivity index (χ2v) is 6.24. The van der Waals surface area contributed by atoms with Crippen molar-refractivity contribution in [2.24, 2.45) is 0 Å². The molecular formula is C18H22F3N3O3. The van der Waals surface area contributed by atoms with Crippen molar-refractivity contribution >= 4 is 23.3 Å². The van der Waals surface area contributed by atoms with Crippen molar-refractivity contribution in [3.8, 4) is 0 Å². The maximum atomic E-state index is 12.7. The van der Waals surface area contributed by atoms with Crippen LogP contribution in [0, 0.1) is 0 Å². The Balaban J connectivity index is 2.38. The van der Waals surface area contributed by atoms with Crippen LogP contribution in [0.2, 0.25) is 0 Å². The van der Waals surface area contributed by atoms with Crippen LogP contribution in [0.5, 0.6) is 0 Å². The standard InChI is InChI=1S/C18H22F3N3O3/c1-4-11-27-16(25)14-12-13(23(3)17(26)18(19,20)21)5-6-15(14)24-9-7-22(2)8-10-24/h4-6,12H,1,7-11H2,2-3H3. The van der Waals surface area contributed by atoms with E-state index in [-0.39, 0.29) is 17.9 Å². The number of piperazine rings is 1. The van der Waals surface area contributed by atoms with Gasteiger partial charge in [0.15, 0.2) is 0 Å². The van der Waals surface area contributed by atoms with Crippen LogP contribution in [-0.4, -0.2) is 69.8 Å². The molecule has 9 heteroatoms. The molecule has 0 unspecified atom stereocenters. The van der Waals surface area contributed by atoms with Gasteiger partial charge in [-0.15, -0.1) is 0 Å². The average Bonchev–Trinajstić information content (AvgIpc) is 2.64. The summed E-state index contributed by atoms with van der Waals surface area (Å²) in [6, 6.07) is 4.19. The molecule has 0 bridgehead atoms. The molecule has 2 rings (SSSR count). The van der Waals surface area contributed by atoms with Gasteiger partial charge in [-0.1, -0.05) is 12.7 Å². The van der Waals surface area contributed by atoms with E-state index in [1.807, 2.05) is 11.9 Å². The van der Waals surface area contributed by atoms with E-state index in [0.29, 0.717) is 23.7 Å². The lowest BCUT2D eigenvalue weighted by molar-refractivity contribution is -0.170. The highest BCUT2D eigenvalue weighted by atomic mass is 19.4. The molecule has 1 aromatic carbocycles. The number of alkyl halides is 3. The Labute approximate surface area is 155 Å². The van der Waals surface area contributed by atoms with E-state index in [1.165, 1.54) is 18.2 Å². The van der Waals surface area contributed by atoms with Crippen LogP contribution in [0.4, 0.5) is 24.5 Å². The van der Waals surface area contributed by atoms with E-state index in [0.717, 1.165) is 20.1 Å². The topological polar surface area (TPSA) is 53.1 Å². The Morgan fingerprint density at radius 2 is 1.89 bits per heavy atom. The van der Waals surface area contributed by atoms with Crippen molar-refractivity contribution in [3.05, 3.63) is 36.4 Å². The molecule has 0 saturated carbocycles. The van der Waals surface area contributed by atoms with Crippen LogP contribution >= 0.6 is 0 Å². The predicted octanol–water partition coefficient (Wildman–Crippen LogP) is 2.31. The van der Waals surface area contributed by atoms with E-state index in [2.05, 4.69) is 11.5 Å². The molecule has 0 radical (unpaired) electrons. The van der Waals surface area contributed by atoms with Gasteiger partial charge in [-0.05, 0) is 25.2 Å². The molecule has 1 fully saturated rings. The van der Waals surface area contributed by atoms with E-state index in [9.17, 15) is 22.8 Å². The van der Waals surface area contributed by atoms with Crippen LogP contribution in [0.15, 0.2) is 30.9 Å². The molecule has 0 spiro atoms. The molecule has 0 aliphatic carbocycles.